The van der Waals surface area contributed by atoms with Gasteiger partial charge in [0.15, 0.2) is 0 Å². The van der Waals surface area contributed by atoms with E-state index in [2.05, 4.69) is 9.04 Å². The van der Waals surface area contributed by atoms with Crippen LogP contribution < -0.4 is 0 Å². The quantitative estimate of drug-likeness (QED) is 0.354. The molecule has 0 bridgehead atoms. The summed E-state index contributed by atoms with van der Waals surface area (Å²) in [7, 11) is -4.27. The number of ketones is 2. The molecule has 0 amide bonds. The van der Waals surface area contributed by atoms with E-state index in [4.69, 9.17) is 11.1 Å². The van der Waals surface area contributed by atoms with Crippen molar-refractivity contribution in [3.8, 4) is 0 Å². The van der Waals surface area contributed by atoms with E-state index in [1.165, 1.54) is 6.08 Å². The highest BCUT2D eigenvalue weighted by molar-refractivity contribution is 7.88. The van der Waals surface area contributed by atoms with Gasteiger partial charge < -0.3 is 0 Å². The van der Waals surface area contributed by atoms with Gasteiger partial charge in [-0.1, -0.05) is 30.3 Å². The first kappa shape index (κ1) is 15.9. The zero-order chi connectivity index (χ0) is 15.9. The van der Waals surface area contributed by atoms with Crippen LogP contribution in [0, 0.1) is 0 Å². The fraction of sp³-hybridized carbons (Fsp3) is 0. The van der Waals surface area contributed by atoms with Gasteiger partial charge in [-0.2, -0.15) is 0 Å². The highest BCUT2D eigenvalue weighted by atomic mass is 32.2. The van der Waals surface area contributed by atoms with Crippen molar-refractivity contribution in [3.63, 3.8) is 0 Å². The van der Waals surface area contributed by atoms with Crippen molar-refractivity contribution >= 4 is 27.9 Å². The van der Waals surface area contributed by atoms with Gasteiger partial charge in [-0.25, -0.2) is 8.42 Å². The molecule has 0 radical (unpaired) electrons. The lowest BCUT2D eigenvalue weighted by Crippen LogP contribution is -2.15. The Morgan fingerprint density at radius 3 is 2.10 bits per heavy atom. The highest BCUT2D eigenvalue weighted by Gasteiger charge is 2.19. The molecule has 106 valence electrons. The van der Waals surface area contributed by atoms with E-state index < -0.39 is 21.8 Å². The third-order valence-electron chi connectivity index (χ3n) is 2.12. The van der Waals surface area contributed by atoms with Crippen molar-refractivity contribution in [2.24, 2.45) is 9.04 Å². The predicted octanol–water partition coefficient (Wildman–Crippen LogP) is 2.32. The molecule has 11 heteroatoms. The van der Waals surface area contributed by atoms with Gasteiger partial charge in [-0.3, -0.25) is 9.59 Å². The summed E-state index contributed by atoms with van der Waals surface area (Å²) in [5.74, 6) is -0.846. The van der Waals surface area contributed by atoms with Crippen molar-refractivity contribution in [2.75, 3.05) is 0 Å². The largest absolute Gasteiger partial charge is 0.321 e. The first-order chi connectivity index (χ1) is 9.91. The number of hydrogen-bond donors (Lipinski definition) is 0. The van der Waals surface area contributed by atoms with Gasteiger partial charge in [-0.05, 0) is 22.7 Å². The summed E-state index contributed by atoms with van der Waals surface area (Å²) in [5, 5.41) is 0. The second-order valence-electron chi connectivity index (χ2n) is 3.40. The maximum absolute atomic E-state index is 11.2. The van der Waals surface area contributed by atoms with Crippen LogP contribution in [-0.4, -0.2) is 20.0 Å². The molecule has 0 aliphatic heterocycles. The molecule has 2 rings (SSSR count). The fourth-order valence-electron chi connectivity index (χ4n) is 1.33. The Labute approximate surface area is 118 Å². The second-order valence-corrected chi connectivity index (χ2v) is 4.63. The molecule has 0 fully saturated rings. The summed E-state index contributed by atoms with van der Waals surface area (Å²) in [4.78, 5) is 25.9. The van der Waals surface area contributed by atoms with Gasteiger partial charge in [0, 0.05) is 24.4 Å². The van der Waals surface area contributed by atoms with E-state index in [0.717, 1.165) is 5.56 Å². The van der Waals surface area contributed by atoms with Crippen molar-refractivity contribution in [1.82, 2.24) is 0 Å². The van der Waals surface area contributed by atoms with Gasteiger partial charge in [0.2, 0.25) is 11.6 Å². The van der Waals surface area contributed by atoms with Gasteiger partial charge in [0.25, 0.3) is 0 Å². The van der Waals surface area contributed by atoms with E-state index in [1.54, 1.807) is 18.2 Å². The van der Waals surface area contributed by atoms with Gasteiger partial charge in [0.1, 0.15) is 0 Å². The lowest BCUT2D eigenvalue weighted by molar-refractivity contribution is -0.110. The number of hydrogen-bond acceptors (Lipinski definition) is 4. The monoisotopic (exact) mass is 306 g/mol. The Morgan fingerprint density at radius 1 is 0.952 bits per heavy atom. The Kier molecular flexibility index (Phi) is 5.21. The van der Waals surface area contributed by atoms with Crippen molar-refractivity contribution in [1.29, 1.82) is 0 Å². The Morgan fingerprint density at radius 2 is 1.52 bits per heavy atom. The number of Topliss-reactive ketones (excluding diaryl/α,β-unsaturated/α-hetero) is 1. The van der Waals surface area contributed by atoms with E-state index in [1.807, 2.05) is 22.0 Å². The minimum atomic E-state index is -4.27. The van der Waals surface area contributed by atoms with Crippen molar-refractivity contribution in [2.45, 2.75) is 0 Å². The Hall–Kier alpha value is -3.13. The van der Waals surface area contributed by atoms with E-state index in [0.29, 0.717) is 5.56 Å². The van der Waals surface area contributed by atoms with E-state index >= 15 is 0 Å². The first-order valence-corrected chi connectivity index (χ1v) is 6.54. The van der Waals surface area contributed by atoms with Crippen molar-refractivity contribution < 1.29 is 18.0 Å². The molecule has 1 aliphatic rings. The van der Waals surface area contributed by atoms with Crippen LogP contribution in [0.15, 0.2) is 39.4 Å². The number of benzene rings is 1. The third kappa shape index (κ3) is 4.48. The maximum Gasteiger partial charge on any atom is 0.321 e. The summed E-state index contributed by atoms with van der Waals surface area (Å²) in [6, 6.07) is 7.07. The van der Waals surface area contributed by atoms with Crippen LogP contribution in [0.25, 0.3) is 27.0 Å². The molecular weight excluding hydrogens is 300 g/mol. The Balaban J connectivity index is 0.000000222. The lowest BCUT2D eigenvalue weighted by Gasteiger charge is -2.06. The summed E-state index contributed by atoms with van der Waals surface area (Å²) in [5.41, 5.74) is 16.4. The molecule has 21 heavy (non-hydrogen) atoms. The first-order valence-electron chi connectivity index (χ1n) is 5.14. The van der Waals surface area contributed by atoms with Gasteiger partial charge >= 0.3 is 10.2 Å². The molecule has 0 N–H and O–H groups in total. The zero-order valence-electron chi connectivity index (χ0n) is 10.2. The number of carbonyl (C=O) groups excluding carboxylic acids is 2. The molecule has 0 spiro atoms. The van der Waals surface area contributed by atoms with Crippen LogP contribution in [0.4, 0.5) is 0 Å². The highest BCUT2D eigenvalue weighted by Crippen LogP contribution is 2.16. The molecule has 10 nitrogen and oxygen atoms in total. The fourth-order valence-corrected chi connectivity index (χ4v) is 1.55. The van der Waals surface area contributed by atoms with Crippen LogP contribution >= 0.6 is 0 Å². The average molecular weight is 306 g/mol. The number of nitrogens with zero attached hydrogens (tertiary/aromatic N) is 6. The SMILES string of the molecule is O=C1C=Cc2ccccc2C1=O.[N-]=[N+]=NS(=O)(=O)N=[N+]=[N-]. The number of azide groups is 1. The number of rotatable bonds is 2. The molecular formula is C10H6N6O4S. The maximum atomic E-state index is 11.2. The third-order valence-corrected chi connectivity index (χ3v) is 2.68. The van der Waals surface area contributed by atoms with Crippen LogP contribution in [-0.2, 0) is 15.0 Å². The minimum Gasteiger partial charge on any atom is -0.286 e. The molecule has 1 aliphatic carbocycles. The lowest BCUT2D eigenvalue weighted by atomic mass is 9.96. The van der Waals surface area contributed by atoms with E-state index in [-0.39, 0.29) is 0 Å². The number of allylic oxidation sites excluding steroid dienone is 1. The van der Waals surface area contributed by atoms with Crippen LogP contribution in [0.1, 0.15) is 15.9 Å². The molecule has 0 aromatic heterocycles. The summed E-state index contributed by atoms with van der Waals surface area (Å²) >= 11 is 0. The molecule has 0 unspecified atom stereocenters. The molecule has 0 saturated heterocycles. The normalized spacial score (nSPS) is 12.2. The van der Waals surface area contributed by atoms with Gasteiger partial charge in [0.05, 0.1) is 0 Å². The van der Waals surface area contributed by atoms with Crippen molar-refractivity contribution in [3.05, 3.63) is 62.4 Å². The molecule has 0 heterocycles. The Bertz CT molecular complexity index is 792. The van der Waals surface area contributed by atoms with Crippen LogP contribution in [0.2, 0.25) is 0 Å². The summed E-state index contributed by atoms with van der Waals surface area (Å²) in [6.45, 7) is 0. The van der Waals surface area contributed by atoms with E-state index in [9.17, 15) is 18.0 Å². The number of carbonyl (C=O) groups is 2. The smallest absolute Gasteiger partial charge is 0.286 e. The standard InChI is InChI=1S/C10H6O2.N6O2S/c11-9-6-5-7-3-1-2-4-8(7)10(9)12;1-3-5-9(7,8)6-4-2/h1-6H;. The molecule has 1 aromatic carbocycles. The van der Waals surface area contributed by atoms with Crippen LogP contribution in [0.3, 0.4) is 0 Å². The molecule has 1 aromatic rings. The van der Waals surface area contributed by atoms with Crippen LogP contribution in [0.5, 0.6) is 0 Å². The second kappa shape index (κ2) is 6.87. The molecule has 0 atom stereocenters. The zero-order valence-corrected chi connectivity index (χ0v) is 11.0. The number of fused-ring (bicyclic) bond motifs is 1. The van der Waals surface area contributed by atoms with Gasteiger partial charge in [-0.15, -0.1) is 0 Å². The summed E-state index contributed by atoms with van der Waals surface area (Å²) < 4.78 is 24.3. The predicted molar refractivity (Wildman–Crippen MR) is 72.0 cm³/mol. The topological polar surface area (TPSA) is 166 Å². The summed E-state index contributed by atoms with van der Waals surface area (Å²) in [6.07, 6.45) is 2.98. The minimum absolute atomic E-state index is 0.409. The average Bonchev–Trinajstić information content (AvgIpc) is 2.44. The molecule has 0 saturated carbocycles.